The summed E-state index contributed by atoms with van der Waals surface area (Å²) in [6, 6.07) is 0. The monoisotopic (exact) mass is 947 g/mol. The van der Waals surface area contributed by atoms with Gasteiger partial charge in [0.1, 0.15) is 67.1 Å². The molecule has 12 N–H and O–H groups in total. The van der Waals surface area contributed by atoms with Crippen LogP contribution in [0.3, 0.4) is 0 Å². The molecule has 0 radical (unpaired) electrons. The summed E-state index contributed by atoms with van der Waals surface area (Å²) in [7, 11) is 0. The van der Waals surface area contributed by atoms with E-state index in [9.17, 15) is 61.3 Å². The highest BCUT2D eigenvalue weighted by Gasteiger charge is 2.70. The third-order valence-corrected chi connectivity index (χ3v) is 18.8. The van der Waals surface area contributed by atoms with E-state index in [1.54, 1.807) is 13.8 Å². The summed E-state index contributed by atoms with van der Waals surface area (Å²) in [5.74, 6) is 0.640. The van der Waals surface area contributed by atoms with Crippen molar-refractivity contribution in [2.75, 3.05) is 13.2 Å². The third kappa shape index (κ3) is 8.69. The van der Waals surface area contributed by atoms with E-state index >= 15 is 0 Å². The summed E-state index contributed by atoms with van der Waals surface area (Å²) in [5.41, 5.74) is -1.39. The molecule has 0 aromatic heterocycles. The fourth-order valence-corrected chi connectivity index (χ4v) is 14.2. The number of rotatable bonds is 13. The van der Waals surface area contributed by atoms with Gasteiger partial charge in [0, 0.05) is 10.8 Å². The molecule has 3 aliphatic heterocycles. The van der Waals surface area contributed by atoms with Crippen molar-refractivity contribution in [2.24, 2.45) is 45.3 Å². The first-order valence-electron chi connectivity index (χ1n) is 24.4. The predicted octanol–water partition coefficient (Wildman–Crippen LogP) is -0.0284. The minimum Gasteiger partial charge on any atom is -0.394 e. The lowest BCUT2D eigenvalue weighted by Gasteiger charge is -2.67. The van der Waals surface area contributed by atoms with Crippen LogP contribution < -0.4 is 0 Å². The van der Waals surface area contributed by atoms with E-state index in [1.807, 2.05) is 0 Å². The van der Waals surface area contributed by atoms with E-state index in [0.717, 1.165) is 25.7 Å². The van der Waals surface area contributed by atoms with Crippen molar-refractivity contribution in [3.63, 3.8) is 0 Å². The molecule has 0 unspecified atom stereocenters. The highest BCUT2D eigenvalue weighted by molar-refractivity contribution is 5.32. The van der Waals surface area contributed by atoms with Crippen molar-refractivity contribution in [1.82, 2.24) is 0 Å². The van der Waals surface area contributed by atoms with Gasteiger partial charge in [0.2, 0.25) is 0 Å². The molecule has 4 aliphatic carbocycles. The Hall–Kier alpha value is -0.980. The number of aliphatic hydroxyl groups excluding tert-OH is 12. The number of ether oxygens (including phenoxy) is 6. The lowest BCUT2D eigenvalue weighted by molar-refractivity contribution is -0.378. The van der Waals surface area contributed by atoms with Crippen LogP contribution in [0, 0.1) is 45.3 Å². The van der Waals surface area contributed by atoms with Gasteiger partial charge < -0.3 is 89.7 Å². The van der Waals surface area contributed by atoms with Crippen LogP contribution in [0.15, 0.2) is 11.6 Å². The molecule has 7 aliphatic rings. The second-order valence-corrected chi connectivity index (χ2v) is 23.0. The molecule has 25 atom stereocenters. The Morgan fingerprint density at radius 1 is 0.697 bits per heavy atom. The van der Waals surface area contributed by atoms with Gasteiger partial charge in [-0.05, 0) is 107 Å². The summed E-state index contributed by atoms with van der Waals surface area (Å²) in [4.78, 5) is 0. The maximum absolute atomic E-state index is 12.5. The fourth-order valence-electron chi connectivity index (χ4n) is 14.2. The van der Waals surface area contributed by atoms with Gasteiger partial charge in [0.05, 0.1) is 43.2 Å². The minimum absolute atomic E-state index is 0.0737. The molecule has 0 aromatic rings. The number of fused-ring (bicyclic) bond motifs is 5. The Morgan fingerprint density at radius 2 is 1.27 bits per heavy atom. The van der Waals surface area contributed by atoms with E-state index in [1.165, 1.54) is 12.5 Å². The van der Waals surface area contributed by atoms with Gasteiger partial charge in [0.15, 0.2) is 18.9 Å². The number of hydrogen-bond acceptors (Lipinski definition) is 18. The molecule has 6 fully saturated rings. The Bertz CT molecular complexity index is 1700. The maximum atomic E-state index is 12.5. The smallest absolute Gasteiger partial charge is 0.187 e. The summed E-state index contributed by atoms with van der Waals surface area (Å²) >= 11 is 0. The van der Waals surface area contributed by atoms with Crippen LogP contribution in [-0.2, 0) is 28.4 Å². The molecule has 3 saturated heterocycles. The van der Waals surface area contributed by atoms with Crippen LogP contribution in [0.5, 0.6) is 0 Å². The summed E-state index contributed by atoms with van der Waals surface area (Å²) in [6.07, 6.45) is -15.6. The molecular weight excluding hydrogens is 865 g/mol. The van der Waals surface area contributed by atoms with E-state index < -0.39 is 140 Å². The SMILES string of the molecule is C[C@H](CC[C@@H](O)C(C)(C)O[C@@H]1O[C@H](CO)[C@@H](O)[C@H](O)[C@H]1O[C@@H]1O[C@@H](C)[C@H](O)[C@@H](O)[C@H]1O)[C@H]1CC[C@@]2(C)[C@@H]3CC=C4[C@@H](CC[C@H](O[C@@H]5O[C@H](CO)[C@@H](O)[C@H](O)[C@H]5O)C4(C)C)[C@]3(C)[C@H](O)C[C@]12C. The molecule has 0 spiro atoms. The fraction of sp³-hybridized carbons (Fsp3) is 0.958. The molecule has 66 heavy (non-hydrogen) atoms. The molecule has 382 valence electrons. The Balaban J connectivity index is 1.02. The molecule has 18 heteroatoms. The molecule has 0 aromatic carbocycles. The van der Waals surface area contributed by atoms with Crippen molar-refractivity contribution >= 4 is 0 Å². The van der Waals surface area contributed by atoms with Gasteiger partial charge in [-0.25, -0.2) is 0 Å². The number of hydrogen-bond donors (Lipinski definition) is 12. The van der Waals surface area contributed by atoms with Crippen molar-refractivity contribution in [2.45, 2.75) is 230 Å². The average molecular weight is 947 g/mol. The zero-order valence-electron chi connectivity index (χ0n) is 40.2. The quantitative estimate of drug-likeness (QED) is 0.108. The molecule has 3 saturated carbocycles. The Kier molecular flexibility index (Phi) is 15.4. The van der Waals surface area contributed by atoms with Crippen molar-refractivity contribution in [3.05, 3.63) is 11.6 Å². The van der Waals surface area contributed by atoms with Crippen LogP contribution in [0.1, 0.15) is 114 Å². The predicted molar refractivity (Wildman–Crippen MR) is 234 cm³/mol. The van der Waals surface area contributed by atoms with Gasteiger partial charge in [-0.3, -0.25) is 0 Å². The first-order valence-corrected chi connectivity index (χ1v) is 24.4. The number of allylic oxidation sites excluding steroid dienone is 1. The van der Waals surface area contributed by atoms with Gasteiger partial charge >= 0.3 is 0 Å². The largest absolute Gasteiger partial charge is 0.394 e. The first-order chi connectivity index (χ1) is 30.7. The molecule has 0 bridgehead atoms. The van der Waals surface area contributed by atoms with Crippen molar-refractivity contribution in [1.29, 1.82) is 0 Å². The van der Waals surface area contributed by atoms with E-state index in [0.29, 0.717) is 25.7 Å². The van der Waals surface area contributed by atoms with Crippen LogP contribution in [-0.4, -0.2) is 191 Å². The topological polar surface area (TPSA) is 298 Å². The van der Waals surface area contributed by atoms with Gasteiger partial charge in [0.25, 0.3) is 0 Å². The van der Waals surface area contributed by atoms with Gasteiger partial charge in [-0.1, -0.05) is 53.2 Å². The molecule has 7 rings (SSSR count). The molecule has 0 amide bonds. The van der Waals surface area contributed by atoms with Crippen LogP contribution in [0.25, 0.3) is 0 Å². The Labute approximate surface area is 388 Å². The van der Waals surface area contributed by atoms with Crippen molar-refractivity contribution < 1.29 is 89.7 Å². The zero-order valence-corrected chi connectivity index (χ0v) is 40.2. The standard InChI is InChI=1S/C48H82O18/c1-21(10-14-29(51)45(5,6)66-43-40(37(58)34(55)27(20-50)63-43)65-41-38(59)35(56)32(53)22(2)61-41)23-16-17-46(7)28-13-11-24-25(48(28,9)30(52)18-47(23,46)8)12-15-31(44(24,3)4)64-42-39(60)36(57)33(54)26(19-49)62-42/h11,21-23,25-43,49-60H,10,12-20H2,1-9H3/t21-,22+,23-,25-,26-,27-,28+,29-,30-,31+,32+,33-,34-,35-,36+,37+,38-,39-,40-,41+,42+,43+,46+,47-,48+/m1/s1. The Morgan fingerprint density at radius 3 is 1.89 bits per heavy atom. The molecular formula is C48H82O18. The van der Waals surface area contributed by atoms with Gasteiger partial charge in [-0.15, -0.1) is 0 Å². The first kappa shape index (κ1) is 52.8. The minimum atomic E-state index is -1.72. The van der Waals surface area contributed by atoms with Crippen LogP contribution >= 0.6 is 0 Å². The summed E-state index contributed by atoms with van der Waals surface area (Å²) in [5, 5.41) is 129. The lowest BCUT2D eigenvalue weighted by atomic mass is 9.38. The van der Waals surface area contributed by atoms with E-state index in [4.69, 9.17) is 28.4 Å². The summed E-state index contributed by atoms with van der Waals surface area (Å²) in [6.45, 7) is 17.0. The third-order valence-electron chi connectivity index (χ3n) is 18.8. The molecule has 3 heterocycles. The zero-order chi connectivity index (χ0) is 48.8. The van der Waals surface area contributed by atoms with Crippen molar-refractivity contribution in [3.8, 4) is 0 Å². The lowest BCUT2D eigenvalue weighted by Crippen LogP contribution is -2.65. The van der Waals surface area contributed by atoms with Crippen LogP contribution in [0.4, 0.5) is 0 Å². The average Bonchev–Trinajstić information content (AvgIpc) is 3.53. The number of aliphatic hydroxyl groups is 12. The van der Waals surface area contributed by atoms with Crippen LogP contribution in [0.2, 0.25) is 0 Å². The second-order valence-electron chi connectivity index (χ2n) is 23.0. The molecule has 18 nitrogen and oxygen atoms in total. The highest BCUT2D eigenvalue weighted by Crippen LogP contribution is 2.75. The van der Waals surface area contributed by atoms with Gasteiger partial charge in [-0.2, -0.15) is 0 Å². The highest BCUT2D eigenvalue weighted by atomic mass is 16.8. The normalized spacial score (nSPS) is 51.6. The second kappa shape index (κ2) is 19.2. The summed E-state index contributed by atoms with van der Waals surface area (Å²) < 4.78 is 35.8. The maximum Gasteiger partial charge on any atom is 0.187 e. The van der Waals surface area contributed by atoms with E-state index in [2.05, 4.69) is 47.6 Å². The van der Waals surface area contributed by atoms with E-state index in [-0.39, 0.29) is 34.5 Å².